The van der Waals surface area contributed by atoms with Crippen LogP contribution in [0.4, 0.5) is 0 Å². The molecule has 2 unspecified atom stereocenters. The highest BCUT2D eigenvalue weighted by Crippen LogP contribution is 2.42. The Kier molecular flexibility index (Phi) is 4.25. The van der Waals surface area contributed by atoms with Crippen molar-refractivity contribution in [2.24, 2.45) is 0 Å². The predicted octanol–water partition coefficient (Wildman–Crippen LogP) is 3.36. The summed E-state index contributed by atoms with van der Waals surface area (Å²) in [5.41, 5.74) is 1.16. The molecule has 1 aliphatic rings. The van der Waals surface area contributed by atoms with Gasteiger partial charge in [-0.3, -0.25) is 4.79 Å². The molecule has 0 radical (unpaired) electrons. The van der Waals surface area contributed by atoms with Crippen LogP contribution >= 0.6 is 11.3 Å². The molecule has 1 amide bonds. The summed E-state index contributed by atoms with van der Waals surface area (Å²) in [5, 5.41) is 5.22. The zero-order valence-corrected chi connectivity index (χ0v) is 12.9. The van der Waals surface area contributed by atoms with Gasteiger partial charge in [0.05, 0.1) is 7.11 Å². The van der Waals surface area contributed by atoms with Crippen molar-refractivity contribution >= 4 is 17.2 Å². The van der Waals surface area contributed by atoms with E-state index in [-0.39, 0.29) is 5.91 Å². The quantitative estimate of drug-likeness (QED) is 0.888. The van der Waals surface area contributed by atoms with Crippen molar-refractivity contribution in [3.05, 3.63) is 52.2 Å². The van der Waals surface area contributed by atoms with E-state index in [1.54, 1.807) is 18.4 Å². The first-order valence-electron chi connectivity index (χ1n) is 7.22. The number of aryl methyl sites for hydroxylation is 1. The van der Waals surface area contributed by atoms with Crippen molar-refractivity contribution in [2.75, 3.05) is 7.11 Å². The minimum Gasteiger partial charge on any atom is -0.497 e. The molecule has 1 aromatic carbocycles. The van der Waals surface area contributed by atoms with E-state index in [4.69, 9.17) is 4.74 Å². The van der Waals surface area contributed by atoms with Crippen LogP contribution in [-0.2, 0) is 11.2 Å². The summed E-state index contributed by atoms with van der Waals surface area (Å²) in [4.78, 5) is 13.4. The fourth-order valence-electron chi connectivity index (χ4n) is 2.50. The first-order valence-corrected chi connectivity index (χ1v) is 8.10. The molecule has 110 valence electrons. The van der Waals surface area contributed by atoms with Gasteiger partial charge >= 0.3 is 0 Å². The lowest BCUT2D eigenvalue weighted by molar-refractivity contribution is -0.121. The van der Waals surface area contributed by atoms with Crippen LogP contribution in [-0.4, -0.2) is 19.1 Å². The molecular formula is C17H19NO2S. The lowest BCUT2D eigenvalue weighted by atomic mass is 10.1. The summed E-state index contributed by atoms with van der Waals surface area (Å²) >= 11 is 1.77. The monoisotopic (exact) mass is 301 g/mol. The summed E-state index contributed by atoms with van der Waals surface area (Å²) < 4.78 is 5.12. The van der Waals surface area contributed by atoms with Gasteiger partial charge in [-0.25, -0.2) is 0 Å². The molecule has 3 rings (SSSR count). The fourth-order valence-corrected chi connectivity index (χ4v) is 3.41. The normalized spacial score (nSPS) is 20.0. The molecule has 0 saturated heterocycles. The highest BCUT2D eigenvalue weighted by atomic mass is 32.1. The highest BCUT2D eigenvalue weighted by Gasteiger charge is 2.39. The predicted molar refractivity (Wildman–Crippen MR) is 84.9 cm³/mol. The van der Waals surface area contributed by atoms with E-state index >= 15 is 0 Å². The molecule has 1 heterocycles. The maximum atomic E-state index is 12.0. The molecule has 1 aliphatic carbocycles. The second kappa shape index (κ2) is 6.31. The average Bonchev–Trinajstić information content (AvgIpc) is 3.05. The van der Waals surface area contributed by atoms with E-state index in [1.807, 2.05) is 24.3 Å². The Balaban J connectivity index is 1.43. The van der Waals surface area contributed by atoms with Crippen LogP contribution in [0.3, 0.4) is 0 Å². The number of benzene rings is 1. The van der Waals surface area contributed by atoms with E-state index in [9.17, 15) is 4.79 Å². The smallest absolute Gasteiger partial charge is 0.220 e. The number of hydrogen-bond donors (Lipinski definition) is 1. The minimum absolute atomic E-state index is 0.148. The Bertz CT molecular complexity index is 592. The standard InChI is InChI=1S/C17H19NO2S/c1-20-13-7-4-12(5-8-13)6-9-17(19)18-15-11-14(15)16-3-2-10-21-16/h2-5,7-8,10,14-15H,6,9,11H2,1H3,(H,18,19). The second-order valence-electron chi connectivity index (χ2n) is 5.38. The van der Waals surface area contributed by atoms with E-state index in [1.165, 1.54) is 4.88 Å². The zero-order chi connectivity index (χ0) is 14.7. The van der Waals surface area contributed by atoms with Gasteiger partial charge in [0.1, 0.15) is 5.75 Å². The van der Waals surface area contributed by atoms with E-state index < -0.39 is 0 Å². The number of thiophene rings is 1. The maximum absolute atomic E-state index is 12.0. The topological polar surface area (TPSA) is 38.3 Å². The molecule has 0 spiro atoms. The molecule has 1 aromatic heterocycles. The number of carbonyl (C=O) groups is 1. The summed E-state index contributed by atoms with van der Waals surface area (Å²) in [6, 6.07) is 12.4. The zero-order valence-electron chi connectivity index (χ0n) is 12.0. The average molecular weight is 301 g/mol. The van der Waals surface area contributed by atoms with Crippen LogP contribution in [0.5, 0.6) is 5.75 Å². The van der Waals surface area contributed by atoms with Crippen LogP contribution in [0, 0.1) is 0 Å². The summed E-state index contributed by atoms with van der Waals surface area (Å²) in [5.74, 6) is 1.53. The third-order valence-corrected chi connectivity index (χ3v) is 4.85. The van der Waals surface area contributed by atoms with E-state index in [2.05, 4.69) is 22.8 Å². The van der Waals surface area contributed by atoms with Crippen LogP contribution in [0.15, 0.2) is 41.8 Å². The molecule has 21 heavy (non-hydrogen) atoms. The van der Waals surface area contributed by atoms with Gasteiger partial charge < -0.3 is 10.1 Å². The third-order valence-electron chi connectivity index (χ3n) is 3.85. The van der Waals surface area contributed by atoms with Crippen molar-refractivity contribution in [2.45, 2.75) is 31.2 Å². The van der Waals surface area contributed by atoms with Crippen molar-refractivity contribution in [3.8, 4) is 5.75 Å². The number of amides is 1. The Labute approximate surface area is 129 Å². The maximum Gasteiger partial charge on any atom is 0.220 e. The van der Waals surface area contributed by atoms with Crippen LogP contribution in [0.2, 0.25) is 0 Å². The molecular weight excluding hydrogens is 282 g/mol. The van der Waals surface area contributed by atoms with Crippen molar-refractivity contribution in [1.82, 2.24) is 5.32 Å². The number of ether oxygens (including phenoxy) is 1. The number of nitrogens with one attached hydrogen (secondary N) is 1. The molecule has 0 aliphatic heterocycles. The Hall–Kier alpha value is -1.81. The molecule has 4 heteroatoms. The van der Waals surface area contributed by atoms with Crippen molar-refractivity contribution in [1.29, 1.82) is 0 Å². The second-order valence-corrected chi connectivity index (χ2v) is 6.36. The third kappa shape index (κ3) is 3.64. The Morgan fingerprint density at radius 1 is 1.33 bits per heavy atom. The molecule has 0 bridgehead atoms. The van der Waals surface area contributed by atoms with Crippen LogP contribution in [0.25, 0.3) is 0 Å². The van der Waals surface area contributed by atoms with Gasteiger partial charge in [0, 0.05) is 23.3 Å². The number of carbonyl (C=O) groups excluding carboxylic acids is 1. The van der Waals surface area contributed by atoms with Crippen LogP contribution in [0.1, 0.15) is 29.2 Å². The minimum atomic E-state index is 0.148. The molecule has 3 nitrogen and oxygen atoms in total. The number of methoxy groups -OCH3 is 1. The number of hydrogen-bond acceptors (Lipinski definition) is 3. The largest absolute Gasteiger partial charge is 0.497 e. The SMILES string of the molecule is COc1ccc(CCC(=O)NC2CC2c2cccs2)cc1. The first kappa shape index (κ1) is 14.1. The van der Waals surface area contributed by atoms with Gasteiger partial charge in [0.2, 0.25) is 5.91 Å². The van der Waals surface area contributed by atoms with Gasteiger partial charge in [-0.2, -0.15) is 0 Å². The highest BCUT2D eigenvalue weighted by molar-refractivity contribution is 7.10. The molecule has 1 fully saturated rings. The first-order chi connectivity index (χ1) is 10.3. The van der Waals surface area contributed by atoms with Crippen LogP contribution < -0.4 is 10.1 Å². The summed E-state index contributed by atoms with van der Waals surface area (Å²) in [6.07, 6.45) is 2.39. The lowest BCUT2D eigenvalue weighted by Gasteiger charge is -2.05. The molecule has 1 saturated carbocycles. The fraction of sp³-hybridized carbons (Fsp3) is 0.353. The Morgan fingerprint density at radius 2 is 2.14 bits per heavy atom. The van der Waals surface area contributed by atoms with Gasteiger partial charge in [0.25, 0.3) is 0 Å². The molecule has 2 atom stereocenters. The summed E-state index contributed by atoms with van der Waals surface area (Å²) in [6.45, 7) is 0. The van der Waals surface area contributed by atoms with Crippen molar-refractivity contribution < 1.29 is 9.53 Å². The molecule has 1 N–H and O–H groups in total. The van der Waals surface area contributed by atoms with Crippen molar-refractivity contribution in [3.63, 3.8) is 0 Å². The number of rotatable bonds is 6. The van der Waals surface area contributed by atoms with Gasteiger partial charge in [-0.15, -0.1) is 11.3 Å². The van der Waals surface area contributed by atoms with Gasteiger partial charge in [-0.05, 0) is 42.0 Å². The lowest BCUT2D eigenvalue weighted by Crippen LogP contribution is -2.26. The summed E-state index contributed by atoms with van der Waals surface area (Å²) in [7, 11) is 1.65. The van der Waals surface area contributed by atoms with Gasteiger partial charge in [0.15, 0.2) is 0 Å². The van der Waals surface area contributed by atoms with Gasteiger partial charge in [-0.1, -0.05) is 18.2 Å². The Morgan fingerprint density at radius 3 is 2.81 bits per heavy atom. The van der Waals surface area contributed by atoms with E-state index in [0.29, 0.717) is 18.4 Å². The molecule has 2 aromatic rings. The van der Waals surface area contributed by atoms with E-state index in [0.717, 1.165) is 24.2 Å².